The minimum absolute atomic E-state index is 0.321. The molecule has 2 heteroatoms. The van der Waals surface area contributed by atoms with E-state index >= 15 is 0 Å². The summed E-state index contributed by atoms with van der Waals surface area (Å²) in [5.74, 6) is -0.906. The Morgan fingerprint density at radius 3 is 1.74 bits per heavy atom. The predicted octanol–water partition coefficient (Wildman–Crippen LogP) is 4.95. The first-order chi connectivity index (χ1) is 11.3. The number of hydrogen-bond donors (Lipinski definition) is 1. The lowest BCUT2D eigenvalue weighted by molar-refractivity contribution is 0.0696. The number of carboxylic acids is 1. The Bertz CT molecular complexity index is 904. The predicted molar refractivity (Wildman–Crippen MR) is 92.3 cm³/mol. The fourth-order valence-electron chi connectivity index (χ4n) is 3.18. The van der Waals surface area contributed by atoms with E-state index in [1.807, 2.05) is 42.5 Å². The van der Waals surface area contributed by atoms with Gasteiger partial charge < -0.3 is 5.11 Å². The highest BCUT2D eigenvalue weighted by atomic mass is 16.4. The van der Waals surface area contributed by atoms with Gasteiger partial charge in [0.2, 0.25) is 0 Å². The second kappa shape index (κ2) is 5.25. The third-order valence-corrected chi connectivity index (χ3v) is 4.22. The Balaban J connectivity index is 1.98. The molecule has 0 amide bonds. The molecule has 3 aromatic carbocycles. The smallest absolute Gasteiger partial charge is 0.336 e. The molecule has 1 aliphatic rings. The van der Waals surface area contributed by atoms with E-state index in [2.05, 4.69) is 24.3 Å². The number of benzene rings is 3. The van der Waals surface area contributed by atoms with Gasteiger partial charge in [0, 0.05) is 0 Å². The van der Waals surface area contributed by atoms with E-state index in [0.29, 0.717) is 5.56 Å². The molecular weight excluding hydrogens is 284 g/mol. The maximum Gasteiger partial charge on any atom is 0.336 e. The first-order valence-electron chi connectivity index (χ1n) is 7.49. The highest BCUT2D eigenvalue weighted by molar-refractivity contribution is 6.07. The second-order valence-electron chi connectivity index (χ2n) is 5.54. The fourth-order valence-corrected chi connectivity index (χ4v) is 3.18. The van der Waals surface area contributed by atoms with Crippen molar-refractivity contribution in [2.45, 2.75) is 0 Å². The number of fused-ring (bicyclic) bond motifs is 3. The molecule has 0 fully saturated rings. The van der Waals surface area contributed by atoms with Crippen LogP contribution in [-0.2, 0) is 0 Å². The van der Waals surface area contributed by atoms with Gasteiger partial charge >= 0.3 is 5.97 Å². The molecule has 0 spiro atoms. The largest absolute Gasteiger partial charge is 0.478 e. The number of carboxylic acid groups (broad SMARTS) is 1. The molecule has 0 radical (unpaired) electrons. The summed E-state index contributed by atoms with van der Waals surface area (Å²) < 4.78 is 0. The summed E-state index contributed by atoms with van der Waals surface area (Å²) in [7, 11) is 0. The minimum Gasteiger partial charge on any atom is -0.478 e. The molecule has 23 heavy (non-hydrogen) atoms. The van der Waals surface area contributed by atoms with E-state index < -0.39 is 5.97 Å². The Morgan fingerprint density at radius 2 is 1.17 bits per heavy atom. The molecule has 3 aromatic rings. The molecule has 0 atom stereocenters. The monoisotopic (exact) mass is 298 g/mol. The molecule has 0 saturated carbocycles. The van der Waals surface area contributed by atoms with Gasteiger partial charge in [0.25, 0.3) is 0 Å². The van der Waals surface area contributed by atoms with Crippen molar-refractivity contribution in [3.63, 3.8) is 0 Å². The van der Waals surface area contributed by atoms with E-state index in [0.717, 1.165) is 22.3 Å². The first-order valence-corrected chi connectivity index (χ1v) is 7.49. The van der Waals surface area contributed by atoms with E-state index in [-0.39, 0.29) is 0 Å². The van der Waals surface area contributed by atoms with Crippen molar-refractivity contribution in [1.29, 1.82) is 0 Å². The van der Waals surface area contributed by atoms with Crippen molar-refractivity contribution in [3.05, 3.63) is 95.1 Å². The highest BCUT2D eigenvalue weighted by Crippen LogP contribution is 2.44. The van der Waals surface area contributed by atoms with Gasteiger partial charge in [-0.3, -0.25) is 0 Å². The van der Waals surface area contributed by atoms with Gasteiger partial charge in [-0.25, -0.2) is 4.79 Å². The molecule has 0 saturated heterocycles. The molecule has 4 rings (SSSR count). The topological polar surface area (TPSA) is 37.3 Å². The van der Waals surface area contributed by atoms with Crippen molar-refractivity contribution in [3.8, 4) is 11.1 Å². The van der Waals surface area contributed by atoms with Gasteiger partial charge in [-0.1, -0.05) is 66.7 Å². The summed E-state index contributed by atoms with van der Waals surface area (Å²) in [5, 5.41) is 9.40. The standard InChI is InChI=1S/C21H14O2/c22-21(23)15-8-2-1-7-14(15)13-20-18-11-5-3-9-16(18)17-10-4-6-12-19(17)20/h1-13H,(H,22,23). The molecule has 0 bridgehead atoms. The summed E-state index contributed by atoms with van der Waals surface area (Å²) in [4.78, 5) is 11.5. The Kier molecular flexibility index (Phi) is 3.09. The lowest BCUT2D eigenvalue weighted by Crippen LogP contribution is -1.99. The highest BCUT2D eigenvalue weighted by Gasteiger charge is 2.22. The van der Waals surface area contributed by atoms with E-state index in [1.165, 1.54) is 11.1 Å². The molecular formula is C21H14O2. The first kappa shape index (κ1) is 13.5. The normalized spacial score (nSPS) is 11.7. The van der Waals surface area contributed by atoms with Gasteiger partial charge in [-0.2, -0.15) is 0 Å². The van der Waals surface area contributed by atoms with Crippen LogP contribution >= 0.6 is 0 Å². The van der Waals surface area contributed by atoms with Crippen molar-refractivity contribution < 1.29 is 9.90 Å². The Hall–Kier alpha value is -3.13. The van der Waals surface area contributed by atoms with Crippen LogP contribution in [0.15, 0.2) is 72.8 Å². The average molecular weight is 298 g/mol. The van der Waals surface area contributed by atoms with E-state index in [1.54, 1.807) is 12.1 Å². The van der Waals surface area contributed by atoms with Gasteiger partial charge in [-0.05, 0) is 45.5 Å². The summed E-state index contributed by atoms with van der Waals surface area (Å²) in [6.45, 7) is 0. The van der Waals surface area contributed by atoms with Crippen LogP contribution in [0, 0.1) is 0 Å². The van der Waals surface area contributed by atoms with E-state index in [4.69, 9.17) is 0 Å². The third kappa shape index (κ3) is 2.16. The average Bonchev–Trinajstić information content (AvgIpc) is 2.90. The SMILES string of the molecule is O=C(O)c1ccccc1C=C1c2ccccc2-c2ccccc21. The zero-order valence-corrected chi connectivity index (χ0v) is 12.4. The molecule has 0 heterocycles. The van der Waals surface area contributed by atoms with Crippen LogP contribution in [0.4, 0.5) is 0 Å². The zero-order valence-electron chi connectivity index (χ0n) is 12.4. The maximum atomic E-state index is 11.5. The van der Waals surface area contributed by atoms with Crippen LogP contribution in [0.25, 0.3) is 22.8 Å². The molecule has 0 aromatic heterocycles. The van der Waals surface area contributed by atoms with Crippen molar-refractivity contribution in [2.24, 2.45) is 0 Å². The third-order valence-electron chi connectivity index (χ3n) is 4.22. The van der Waals surface area contributed by atoms with Crippen LogP contribution in [0.3, 0.4) is 0 Å². The maximum absolute atomic E-state index is 11.5. The van der Waals surface area contributed by atoms with Crippen LogP contribution in [-0.4, -0.2) is 11.1 Å². The van der Waals surface area contributed by atoms with Gasteiger partial charge in [0.15, 0.2) is 0 Å². The molecule has 1 N–H and O–H groups in total. The lowest BCUT2D eigenvalue weighted by atomic mass is 9.98. The van der Waals surface area contributed by atoms with Crippen molar-refractivity contribution >= 4 is 17.6 Å². The number of aromatic carboxylic acids is 1. The van der Waals surface area contributed by atoms with Crippen LogP contribution < -0.4 is 0 Å². The van der Waals surface area contributed by atoms with E-state index in [9.17, 15) is 9.90 Å². The van der Waals surface area contributed by atoms with Gasteiger partial charge in [0.1, 0.15) is 0 Å². The zero-order chi connectivity index (χ0) is 15.8. The summed E-state index contributed by atoms with van der Waals surface area (Å²) >= 11 is 0. The van der Waals surface area contributed by atoms with Crippen LogP contribution in [0.2, 0.25) is 0 Å². The summed E-state index contributed by atoms with van der Waals surface area (Å²) in [5.41, 5.74) is 6.81. The van der Waals surface area contributed by atoms with Gasteiger partial charge in [-0.15, -0.1) is 0 Å². The number of rotatable bonds is 2. The van der Waals surface area contributed by atoms with Crippen LogP contribution in [0.1, 0.15) is 27.0 Å². The lowest BCUT2D eigenvalue weighted by Gasteiger charge is -2.05. The summed E-state index contributed by atoms with van der Waals surface area (Å²) in [6, 6.07) is 23.6. The number of hydrogen-bond acceptors (Lipinski definition) is 1. The van der Waals surface area contributed by atoms with Crippen molar-refractivity contribution in [1.82, 2.24) is 0 Å². The quantitative estimate of drug-likeness (QED) is 0.568. The van der Waals surface area contributed by atoms with Crippen LogP contribution in [0.5, 0.6) is 0 Å². The Morgan fingerprint density at radius 1 is 0.696 bits per heavy atom. The molecule has 1 aliphatic carbocycles. The fraction of sp³-hybridized carbons (Fsp3) is 0. The molecule has 0 unspecified atom stereocenters. The minimum atomic E-state index is -0.906. The second-order valence-corrected chi connectivity index (χ2v) is 5.54. The van der Waals surface area contributed by atoms with Gasteiger partial charge in [0.05, 0.1) is 5.56 Å². The number of carbonyl (C=O) groups is 1. The molecule has 2 nitrogen and oxygen atoms in total. The summed E-state index contributed by atoms with van der Waals surface area (Å²) in [6.07, 6.45) is 1.98. The molecule has 110 valence electrons. The molecule has 0 aliphatic heterocycles. The van der Waals surface area contributed by atoms with Crippen molar-refractivity contribution in [2.75, 3.05) is 0 Å². The Labute approximate surface area is 134 Å².